The highest BCUT2D eigenvalue weighted by atomic mass is 35.5. The lowest BCUT2D eigenvalue weighted by molar-refractivity contribution is -0.138. The predicted octanol–water partition coefficient (Wildman–Crippen LogP) is 2.98. The molecule has 0 radical (unpaired) electrons. The second-order valence-electron chi connectivity index (χ2n) is 3.16. The minimum atomic E-state index is -1.02. The average molecular weight is 217 g/mol. The van der Waals surface area contributed by atoms with E-state index in [9.17, 15) is 9.18 Å². The van der Waals surface area contributed by atoms with Crippen molar-refractivity contribution in [2.75, 3.05) is 0 Å². The highest BCUT2D eigenvalue weighted by molar-refractivity contribution is 6.31. The summed E-state index contributed by atoms with van der Waals surface area (Å²) in [5, 5.41) is 8.64. The molecule has 0 spiro atoms. The van der Waals surface area contributed by atoms with Gasteiger partial charge in [0.1, 0.15) is 5.82 Å². The van der Waals surface area contributed by atoms with Crippen molar-refractivity contribution in [3.05, 3.63) is 34.1 Å². The smallest absolute Gasteiger partial charge is 0.310 e. The Labute approximate surface area is 86.3 Å². The van der Waals surface area contributed by atoms with Crippen LogP contribution in [0.4, 0.5) is 4.39 Å². The molecule has 76 valence electrons. The first-order valence-corrected chi connectivity index (χ1v) is 4.50. The van der Waals surface area contributed by atoms with Crippen molar-refractivity contribution in [1.29, 1.82) is 0 Å². The maximum atomic E-state index is 13.3. The molecule has 14 heavy (non-hydrogen) atoms. The summed E-state index contributed by atoms with van der Waals surface area (Å²) in [5.41, 5.74) is 0.721. The lowest BCUT2D eigenvalue weighted by Gasteiger charge is -2.10. The van der Waals surface area contributed by atoms with Gasteiger partial charge < -0.3 is 5.11 Å². The van der Waals surface area contributed by atoms with Crippen molar-refractivity contribution in [1.82, 2.24) is 0 Å². The number of aliphatic carboxylic acids is 1. The third kappa shape index (κ3) is 1.87. The Balaban J connectivity index is 3.24. The molecule has 0 saturated carbocycles. The summed E-state index contributed by atoms with van der Waals surface area (Å²) in [7, 11) is 0. The van der Waals surface area contributed by atoms with Crippen molar-refractivity contribution in [2.24, 2.45) is 0 Å². The van der Waals surface area contributed by atoms with Crippen molar-refractivity contribution in [3.8, 4) is 0 Å². The fourth-order valence-corrected chi connectivity index (χ4v) is 1.50. The van der Waals surface area contributed by atoms with Gasteiger partial charge in [-0.3, -0.25) is 4.79 Å². The summed E-state index contributed by atoms with van der Waals surface area (Å²) in [4.78, 5) is 10.7. The zero-order valence-electron chi connectivity index (χ0n) is 7.84. The van der Waals surface area contributed by atoms with Crippen LogP contribution in [0.15, 0.2) is 12.1 Å². The van der Waals surface area contributed by atoms with Crippen LogP contribution in [0, 0.1) is 12.7 Å². The minimum Gasteiger partial charge on any atom is -0.481 e. The van der Waals surface area contributed by atoms with Crippen LogP contribution in [-0.2, 0) is 4.79 Å². The molecule has 0 aliphatic heterocycles. The number of rotatable bonds is 2. The highest BCUT2D eigenvalue weighted by Crippen LogP contribution is 2.28. The topological polar surface area (TPSA) is 37.3 Å². The molecule has 1 N–H and O–H groups in total. The summed E-state index contributed by atoms with van der Waals surface area (Å²) in [6.07, 6.45) is 0. The van der Waals surface area contributed by atoms with E-state index in [0.717, 1.165) is 0 Å². The molecule has 0 heterocycles. The summed E-state index contributed by atoms with van der Waals surface area (Å²) >= 11 is 5.70. The molecule has 1 unspecified atom stereocenters. The van der Waals surface area contributed by atoms with Crippen LogP contribution < -0.4 is 0 Å². The number of carboxylic acids is 1. The largest absolute Gasteiger partial charge is 0.481 e. The van der Waals surface area contributed by atoms with E-state index in [0.29, 0.717) is 11.1 Å². The molecule has 1 atom stereocenters. The van der Waals surface area contributed by atoms with Gasteiger partial charge in [-0.15, -0.1) is 0 Å². The van der Waals surface area contributed by atoms with E-state index in [4.69, 9.17) is 16.7 Å². The molecule has 0 amide bonds. The van der Waals surface area contributed by atoms with Crippen LogP contribution in [-0.4, -0.2) is 11.1 Å². The van der Waals surface area contributed by atoms with Crippen molar-refractivity contribution < 1.29 is 14.3 Å². The van der Waals surface area contributed by atoms with E-state index in [2.05, 4.69) is 0 Å². The molecule has 2 nitrogen and oxygen atoms in total. The molecule has 0 bridgehead atoms. The molecule has 1 aromatic carbocycles. The fraction of sp³-hybridized carbons (Fsp3) is 0.300. The number of hydrogen-bond donors (Lipinski definition) is 1. The first-order valence-electron chi connectivity index (χ1n) is 4.12. The first-order chi connectivity index (χ1) is 6.45. The monoisotopic (exact) mass is 216 g/mol. The molecule has 1 aromatic rings. The third-order valence-electron chi connectivity index (χ3n) is 2.14. The lowest BCUT2D eigenvalue weighted by atomic mass is 10.00. The molecule has 1 rings (SSSR count). The zero-order chi connectivity index (χ0) is 10.9. The van der Waals surface area contributed by atoms with Gasteiger partial charge in [0.15, 0.2) is 0 Å². The van der Waals surface area contributed by atoms with Gasteiger partial charge in [0.25, 0.3) is 0 Å². The molecule has 4 heteroatoms. The van der Waals surface area contributed by atoms with E-state index >= 15 is 0 Å². The van der Waals surface area contributed by atoms with Crippen LogP contribution in [0.25, 0.3) is 0 Å². The van der Waals surface area contributed by atoms with Crippen LogP contribution in [0.3, 0.4) is 0 Å². The lowest BCUT2D eigenvalue weighted by Crippen LogP contribution is -2.08. The van der Waals surface area contributed by atoms with E-state index < -0.39 is 17.7 Å². The second-order valence-corrected chi connectivity index (χ2v) is 3.54. The number of carboxylic acid groups (broad SMARTS) is 1. The number of carbonyl (C=O) groups is 1. The van der Waals surface area contributed by atoms with Gasteiger partial charge in [0.2, 0.25) is 0 Å². The quantitative estimate of drug-likeness (QED) is 0.825. The van der Waals surface area contributed by atoms with E-state index in [1.54, 1.807) is 13.0 Å². The Morgan fingerprint density at radius 3 is 2.64 bits per heavy atom. The van der Waals surface area contributed by atoms with Gasteiger partial charge in [0.05, 0.1) is 10.9 Å². The van der Waals surface area contributed by atoms with Crippen molar-refractivity contribution in [2.45, 2.75) is 19.8 Å². The maximum Gasteiger partial charge on any atom is 0.310 e. The van der Waals surface area contributed by atoms with Crippen LogP contribution >= 0.6 is 11.6 Å². The Hall–Kier alpha value is -1.09. The van der Waals surface area contributed by atoms with Gasteiger partial charge in [-0.25, -0.2) is 4.39 Å². The van der Waals surface area contributed by atoms with E-state index in [1.807, 2.05) is 0 Å². The molecular weight excluding hydrogens is 207 g/mol. The average Bonchev–Trinajstić information content (AvgIpc) is 2.13. The number of hydrogen-bond acceptors (Lipinski definition) is 1. The van der Waals surface area contributed by atoms with Gasteiger partial charge in [-0.05, 0) is 25.0 Å². The molecule has 0 fully saturated rings. The molecular formula is C10H10ClFO2. The van der Waals surface area contributed by atoms with Gasteiger partial charge >= 0.3 is 5.97 Å². The normalized spacial score (nSPS) is 12.6. The summed E-state index contributed by atoms with van der Waals surface area (Å²) in [6, 6.07) is 3.06. The Kier molecular flexibility index (Phi) is 3.11. The minimum absolute atomic E-state index is 0.0973. The van der Waals surface area contributed by atoms with Crippen LogP contribution in [0.2, 0.25) is 5.02 Å². The molecule has 0 saturated heterocycles. The second kappa shape index (κ2) is 3.96. The Morgan fingerprint density at radius 2 is 2.14 bits per heavy atom. The number of halogens is 2. The van der Waals surface area contributed by atoms with Gasteiger partial charge in [-0.2, -0.15) is 0 Å². The number of aryl methyl sites for hydroxylation is 1. The summed E-state index contributed by atoms with van der Waals surface area (Å²) < 4.78 is 13.3. The predicted molar refractivity (Wildman–Crippen MR) is 52.2 cm³/mol. The first kappa shape index (κ1) is 11.0. The standard InChI is InChI=1S/C10H10ClFO2/c1-5-3-4-7(6(2)10(13)14)8(11)9(5)12/h3-4,6H,1-2H3,(H,13,14). The SMILES string of the molecule is Cc1ccc(C(C)C(=O)O)c(Cl)c1F. The zero-order valence-corrected chi connectivity index (χ0v) is 8.60. The van der Waals surface area contributed by atoms with E-state index in [-0.39, 0.29) is 5.02 Å². The van der Waals surface area contributed by atoms with Gasteiger partial charge in [0, 0.05) is 0 Å². The Bertz CT molecular complexity index is 377. The molecule has 0 aliphatic rings. The van der Waals surface area contributed by atoms with Crippen LogP contribution in [0.5, 0.6) is 0 Å². The van der Waals surface area contributed by atoms with Crippen LogP contribution in [0.1, 0.15) is 24.0 Å². The van der Waals surface area contributed by atoms with E-state index in [1.165, 1.54) is 13.0 Å². The van der Waals surface area contributed by atoms with Crippen molar-refractivity contribution >= 4 is 17.6 Å². The Morgan fingerprint density at radius 1 is 1.57 bits per heavy atom. The highest BCUT2D eigenvalue weighted by Gasteiger charge is 2.19. The fourth-order valence-electron chi connectivity index (χ4n) is 1.13. The molecule has 0 aliphatic carbocycles. The third-order valence-corrected chi connectivity index (χ3v) is 2.53. The number of benzene rings is 1. The van der Waals surface area contributed by atoms with Crippen molar-refractivity contribution in [3.63, 3.8) is 0 Å². The molecule has 0 aromatic heterocycles. The van der Waals surface area contributed by atoms with Gasteiger partial charge in [-0.1, -0.05) is 23.7 Å². The maximum absolute atomic E-state index is 13.3. The summed E-state index contributed by atoms with van der Waals surface area (Å²) in [5.74, 6) is -2.36. The summed E-state index contributed by atoms with van der Waals surface area (Å²) in [6.45, 7) is 3.05.